The van der Waals surface area contributed by atoms with Gasteiger partial charge < -0.3 is 0 Å². The Morgan fingerprint density at radius 2 is 2.00 bits per heavy atom. The molecule has 0 unspecified atom stereocenters. The molecule has 1 heterocycles. The zero-order chi connectivity index (χ0) is 14.2. The second kappa shape index (κ2) is 4.88. The summed E-state index contributed by atoms with van der Waals surface area (Å²) in [5, 5.41) is -0.438. The van der Waals surface area contributed by atoms with Crippen molar-refractivity contribution >= 4 is 29.3 Å². The van der Waals surface area contributed by atoms with Crippen molar-refractivity contribution < 1.29 is 22.8 Å². The quantitative estimate of drug-likeness (QED) is 0.746. The highest BCUT2D eigenvalue weighted by Gasteiger charge is 2.35. The first kappa shape index (κ1) is 13.9. The van der Waals surface area contributed by atoms with E-state index in [0.29, 0.717) is 0 Å². The molecule has 1 atom stereocenters. The molecule has 0 N–H and O–H groups in total. The Bertz CT molecular complexity index is 530. The van der Waals surface area contributed by atoms with Crippen LogP contribution in [0, 0.1) is 0 Å². The van der Waals surface area contributed by atoms with Crippen LogP contribution in [0.4, 0.5) is 18.9 Å². The number of nitrogens with zero attached hydrogens (tertiary/aromatic N) is 1. The third kappa shape index (κ3) is 2.75. The van der Waals surface area contributed by atoms with Crippen LogP contribution in [0.3, 0.4) is 0 Å². The lowest BCUT2D eigenvalue weighted by Gasteiger charge is -2.28. The van der Waals surface area contributed by atoms with E-state index < -0.39 is 28.8 Å². The lowest BCUT2D eigenvalue weighted by atomic mass is 10.1. The van der Waals surface area contributed by atoms with Crippen LogP contribution in [-0.4, -0.2) is 22.8 Å². The molecule has 0 saturated carbocycles. The first-order chi connectivity index (χ1) is 8.80. The number of amides is 2. The van der Waals surface area contributed by atoms with E-state index in [-0.39, 0.29) is 11.4 Å². The highest BCUT2D eigenvalue weighted by atomic mass is 32.2. The molecule has 1 aromatic rings. The van der Waals surface area contributed by atoms with Gasteiger partial charge in [-0.2, -0.15) is 13.2 Å². The molecule has 7 heteroatoms. The number of halogens is 3. The van der Waals surface area contributed by atoms with Crippen LogP contribution in [-0.2, 0) is 15.8 Å². The van der Waals surface area contributed by atoms with Gasteiger partial charge >= 0.3 is 6.18 Å². The van der Waals surface area contributed by atoms with Crippen LogP contribution in [0.5, 0.6) is 0 Å². The van der Waals surface area contributed by atoms with Crippen LogP contribution in [0.1, 0.15) is 12.5 Å². The SMILES string of the molecule is C[C@H]1SCC(=O)N(c2cccc(C(F)(F)F)c2)C1=O. The molecule has 0 bridgehead atoms. The fourth-order valence-electron chi connectivity index (χ4n) is 1.73. The van der Waals surface area contributed by atoms with Gasteiger partial charge in [0.05, 0.1) is 22.3 Å². The third-order valence-electron chi connectivity index (χ3n) is 2.71. The van der Waals surface area contributed by atoms with E-state index in [1.165, 1.54) is 23.9 Å². The van der Waals surface area contributed by atoms with Crippen molar-refractivity contribution in [1.29, 1.82) is 0 Å². The Balaban J connectivity index is 2.40. The summed E-state index contributed by atoms with van der Waals surface area (Å²) in [5.41, 5.74) is -0.909. The summed E-state index contributed by atoms with van der Waals surface area (Å²) in [6.07, 6.45) is -4.50. The summed E-state index contributed by atoms with van der Waals surface area (Å²) >= 11 is 1.18. The van der Waals surface area contributed by atoms with Gasteiger partial charge in [-0.3, -0.25) is 9.59 Å². The molecule has 1 aliphatic rings. The number of hydrogen-bond acceptors (Lipinski definition) is 3. The summed E-state index contributed by atoms with van der Waals surface area (Å²) < 4.78 is 37.8. The van der Waals surface area contributed by atoms with Crippen molar-refractivity contribution in [1.82, 2.24) is 0 Å². The van der Waals surface area contributed by atoms with Crippen molar-refractivity contribution in [2.75, 3.05) is 10.7 Å². The van der Waals surface area contributed by atoms with Crippen LogP contribution in [0.15, 0.2) is 24.3 Å². The zero-order valence-corrected chi connectivity index (χ0v) is 10.7. The van der Waals surface area contributed by atoms with E-state index in [2.05, 4.69) is 0 Å². The average molecular weight is 289 g/mol. The number of alkyl halides is 3. The molecule has 2 rings (SSSR count). The molecule has 0 aliphatic carbocycles. The van der Waals surface area contributed by atoms with Crippen LogP contribution in [0.2, 0.25) is 0 Å². The number of carbonyl (C=O) groups is 2. The minimum absolute atomic E-state index is 0.0306. The lowest BCUT2D eigenvalue weighted by Crippen LogP contribution is -2.46. The largest absolute Gasteiger partial charge is 0.416 e. The molecule has 1 aliphatic heterocycles. The first-order valence-corrected chi connectivity index (χ1v) is 6.51. The molecule has 2 amide bonds. The monoisotopic (exact) mass is 289 g/mol. The topological polar surface area (TPSA) is 37.4 Å². The second-order valence-corrected chi connectivity index (χ2v) is 5.40. The van der Waals surface area contributed by atoms with Gasteiger partial charge in [0.25, 0.3) is 0 Å². The zero-order valence-electron chi connectivity index (χ0n) is 9.90. The maximum absolute atomic E-state index is 12.6. The van der Waals surface area contributed by atoms with Gasteiger partial charge in [0.15, 0.2) is 0 Å². The molecule has 0 aromatic heterocycles. The van der Waals surface area contributed by atoms with Gasteiger partial charge in [0.1, 0.15) is 0 Å². The highest BCUT2D eigenvalue weighted by molar-refractivity contribution is 8.01. The maximum Gasteiger partial charge on any atom is 0.416 e. The van der Waals surface area contributed by atoms with E-state index >= 15 is 0 Å². The number of rotatable bonds is 1. The van der Waals surface area contributed by atoms with Crippen LogP contribution >= 0.6 is 11.8 Å². The van der Waals surface area contributed by atoms with E-state index in [0.717, 1.165) is 17.0 Å². The number of carbonyl (C=O) groups excluding carboxylic acids is 2. The highest BCUT2D eigenvalue weighted by Crippen LogP contribution is 2.33. The van der Waals surface area contributed by atoms with Gasteiger partial charge in [-0.25, -0.2) is 4.90 Å². The molecule has 19 heavy (non-hydrogen) atoms. The Morgan fingerprint density at radius 3 is 2.63 bits per heavy atom. The van der Waals surface area contributed by atoms with E-state index in [1.54, 1.807) is 6.92 Å². The molecule has 3 nitrogen and oxygen atoms in total. The molecule has 1 aromatic carbocycles. The van der Waals surface area contributed by atoms with Crippen molar-refractivity contribution in [3.63, 3.8) is 0 Å². The minimum Gasteiger partial charge on any atom is -0.273 e. The normalized spacial score (nSPS) is 20.8. The van der Waals surface area contributed by atoms with Gasteiger partial charge in [0.2, 0.25) is 11.8 Å². The smallest absolute Gasteiger partial charge is 0.273 e. The van der Waals surface area contributed by atoms with Crippen LogP contribution in [0.25, 0.3) is 0 Å². The Hall–Kier alpha value is -1.50. The van der Waals surface area contributed by atoms with E-state index in [1.807, 2.05) is 0 Å². The van der Waals surface area contributed by atoms with E-state index in [9.17, 15) is 22.8 Å². The van der Waals surface area contributed by atoms with Crippen molar-refractivity contribution in [3.8, 4) is 0 Å². The number of thioether (sulfide) groups is 1. The van der Waals surface area contributed by atoms with Crippen molar-refractivity contribution in [3.05, 3.63) is 29.8 Å². The number of imide groups is 1. The second-order valence-electron chi connectivity index (χ2n) is 4.07. The number of benzene rings is 1. The average Bonchev–Trinajstić information content (AvgIpc) is 2.34. The van der Waals surface area contributed by atoms with Gasteiger partial charge in [-0.15, -0.1) is 11.8 Å². The lowest BCUT2D eigenvalue weighted by molar-refractivity contribution is -0.137. The summed E-state index contributed by atoms with van der Waals surface area (Å²) in [6, 6.07) is 4.23. The molecular weight excluding hydrogens is 279 g/mol. The summed E-state index contributed by atoms with van der Waals surface area (Å²) in [7, 11) is 0. The van der Waals surface area contributed by atoms with Gasteiger partial charge in [-0.1, -0.05) is 6.07 Å². The molecule has 1 fully saturated rings. The summed E-state index contributed by atoms with van der Waals surface area (Å²) in [5.74, 6) is -0.892. The van der Waals surface area contributed by atoms with Crippen LogP contribution < -0.4 is 4.90 Å². The fraction of sp³-hybridized carbons (Fsp3) is 0.333. The van der Waals surface area contributed by atoms with Crippen molar-refractivity contribution in [2.45, 2.75) is 18.3 Å². The first-order valence-electron chi connectivity index (χ1n) is 5.46. The molecular formula is C12H10F3NO2S. The summed E-state index contributed by atoms with van der Waals surface area (Å²) in [4.78, 5) is 24.4. The third-order valence-corrected chi connectivity index (χ3v) is 3.82. The summed E-state index contributed by atoms with van der Waals surface area (Å²) in [6.45, 7) is 1.63. The Labute approximate surface area is 111 Å². The van der Waals surface area contributed by atoms with E-state index in [4.69, 9.17) is 0 Å². The fourth-order valence-corrected chi connectivity index (χ4v) is 2.50. The predicted molar refractivity (Wildman–Crippen MR) is 65.9 cm³/mol. The maximum atomic E-state index is 12.6. The van der Waals surface area contributed by atoms with Gasteiger partial charge in [-0.05, 0) is 25.1 Å². The molecule has 1 saturated heterocycles. The number of hydrogen-bond donors (Lipinski definition) is 0. The minimum atomic E-state index is -4.50. The molecule has 0 spiro atoms. The number of anilines is 1. The molecule has 0 radical (unpaired) electrons. The Morgan fingerprint density at radius 1 is 1.32 bits per heavy atom. The Kier molecular flexibility index (Phi) is 3.58. The predicted octanol–water partition coefficient (Wildman–Crippen LogP) is 2.70. The standard InChI is InChI=1S/C12H10F3NO2S/c1-7-11(18)16(10(17)6-19-7)9-4-2-3-8(5-9)12(13,14)15/h2-5,7H,6H2,1H3/t7-/m1/s1. The van der Waals surface area contributed by atoms with Crippen molar-refractivity contribution in [2.24, 2.45) is 0 Å². The van der Waals surface area contributed by atoms with Gasteiger partial charge in [0, 0.05) is 0 Å². The molecule has 102 valence electrons.